The van der Waals surface area contributed by atoms with Crippen LogP contribution in [0.2, 0.25) is 0 Å². The van der Waals surface area contributed by atoms with Crippen LogP contribution in [0.25, 0.3) is 0 Å². The molecule has 0 aromatic rings. The van der Waals surface area contributed by atoms with E-state index in [1.165, 1.54) is 6.92 Å². The second-order valence-electron chi connectivity index (χ2n) is 5.94. The lowest BCUT2D eigenvalue weighted by Gasteiger charge is -2.40. The van der Waals surface area contributed by atoms with Crippen LogP contribution in [-0.2, 0) is 9.59 Å². The molecule has 0 aromatic heterocycles. The van der Waals surface area contributed by atoms with Gasteiger partial charge in [0.1, 0.15) is 0 Å². The van der Waals surface area contributed by atoms with Gasteiger partial charge in [0.15, 0.2) is 5.96 Å². The fourth-order valence-corrected chi connectivity index (χ4v) is 3.17. The van der Waals surface area contributed by atoms with E-state index in [0.29, 0.717) is 19.5 Å². The van der Waals surface area contributed by atoms with Crippen LogP contribution >= 0.6 is 24.0 Å². The van der Waals surface area contributed by atoms with Gasteiger partial charge in [-0.05, 0) is 12.8 Å². The zero-order valence-electron chi connectivity index (χ0n) is 13.3. The van der Waals surface area contributed by atoms with E-state index >= 15 is 0 Å². The molecule has 0 aromatic carbocycles. The smallest absolute Gasteiger partial charge is 0.220 e. The summed E-state index contributed by atoms with van der Waals surface area (Å²) in [5.74, 6) is 0.975. The highest BCUT2D eigenvalue weighted by atomic mass is 127. The minimum absolute atomic E-state index is 0. The summed E-state index contributed by atoms with van der Waals surface area (Å²) >= 11 is 0. The van der Waals surface area contributed by atoms with E-state index in [1.54, 1.807) is 7.05 Å². The quantitative estimate of drug-likeness (QED) is 0.257. The highest BCUT2D eigenvalue weighted by Gasteiger charge is 2.42. The van der Waals surface area contributed by atoms with E-state index in [1.807, 2.05) is 0 Å². The predicted octanol–water partition coefficient (Wildman–Crippen LogP) is -0.0820. The summed E-state index contributed by atoms with van der Waals surface area (Å²) in [4.78, 5) is 28.9. The van der Waals surface area contributed by atoms with E-state index in [9.17, 15) is 9.59 Å². The largest absolute Gasteiger partial charge is 0.355 e. The number of hydrogen-bond acceptors (Lipinski definition) is 3. The second-order valence-corrected chi connectivity index (χ2v) is 5.94. The van der Waals surface area contributed by atoms with Crippen LogP contribution in [0.4, 0.5) is 0 Å². The highest BCUT2D eigenvalue weighted by molar-refractivity contribution is 14.0. The Balaban J connectivity index is 0.00000242. The predicted molar refractivity (Wildman–Crippen MR) is 96.3 cm³/mol. The Kier molecular flexibility index (Phi) is 7.37. The Labute approximate surface area is 148 Å². The number of guanidine groups is 1. The summed E-state index contributed by atoms with van der Waals surface area (Å²) in [6.07, 6.45) is 2.78. The molecule has 2 aliphatic heterocycles. The Bertz CT molecular complexity index is 443. The van der Waals surface area contributed by atoms with Crippen LogP contribution in [-0.4, -0.2) is 62.4 Å². The Morgan fingerprint density at radius 3 is 2.73 bits per heavy atom. The molecule has 7 nitrogen and oxygen atoms in total. The third-order valence-corrected chi connectivity index (χ3v) is 4.15. The van der Waals surface area contributed by atoms with Gasteiger partial charge in [-0.15, -0.1) is 24.0 Å². The van der Waals surface area contributed by atoms with Gasteiger partial charge in [0.2, 0.25) is 11.8 Å². The minimum atomic E-state index is -0.0285. The van der Waals surface area contributed by atoms with E-state index < -0.39 is 0 Å². The molecule has 22 heavy (non-hydrogen) atoms. The van der Waals surface area contributed by atoms with E-state index in [4.69, 9.17) is 0 Å². The fraction of sp³-hybridized carbons (Fsp3) is 0.786. The van der Waals surface area contributed by atoms with Crippen molar-refractivity contribution in [2.24, 2.45) is 10.4 Å². The van der Waals surface area contributed by atoms with Crippen LogP contribution < -0.4 is 16.0 Å². The molecule has 0 radical (unpaired) electrons. The summed E-state index contributed by atoms with van der Waals surface area (Å²) < 4.78 is 0. The molecule has 2 saturated heterocycles. The van der Waals surface area contributed by atoms with Crippen molar-refractivity contribution in [3.8, 4) is 0 Å². The third kappa shape index (κ3) is 4.99. The molecule has 1 atom stereocenters. The molecule has 2 heterocycles. The fourth-order valence-electron chi connectivity index (χ4n) is 3.17. The van der Waals surface area contributed by atoms with E-state index in [-0.39, 0.29) is 41.2 Å². The number of hydrogen-bond donors (Lipinski definition) is 3. The SMILES string of the molecule is CN=C(NCCNC(C)=O)N1CCCC2(CNC(=O)C2)C1.I. The first-order chi connectivity index (χ1) is 10.0. The second kappa shape index (κ2) is 8.54. The zero-order chi connectivity index (χ0) is 15.3. The number of aliphatic imine (C=N–C) groups is 1. The molecule has 2 amide bonds. The van der Waals surface area contributed by atoms with Crippen molar-refractivity contribution in [2.45, 2.75) is 26.2 Å². The van der Waals surface area contributed by atoms with Crippen molar-refractivity contribution >= 4 is 41.8 Å². The number of amides is 2. The maximum Gasteiger partial charge on any atom is 0.220 e. The Hall–Kier alpha value is -1.06. The highest BCUT2D eigenvalue weighted by Crippen LogP contribution is 2.35. The molecule has 0 bridgehead atoms. The number of rotatable bonds is 3. The number of likely N-dealkylation sites (tertiary alicyclic amines) is 1. The van der Waals surface area contributed by atoms with Gasteiger partial charge in [-0.25, -0.2) is 0 Å². The van der Waals surface area contributed by atoms with Crippen molar-refractivity contribution in [3.05, 3.63) is 0 Å². The summed E-state index contributed by atoms with van der Waals surface area (Å²) in [5, 5.41) is 8.97. The minimum Gasteiger partial charge on any atom is -0.355 e. The molecule has 0 saturated carbocycles. The van der Waals surface area contributed by atoms with Gasteiger partial charge >= 0.3 is 0 Å². The van der Waals surface area contributed by atoms with Crippen LogP contribution in [0.1, 0.15) is 26.2 Å². The first-order valence-electron chi connectivity index (χ1n) is 7.51. The molecule has 8 heteroatoms. The molecule has 2 aliphatic rings. The van der Waals surface area contributed by atoms with Crippen LogP contribution in [0.3, 0.4) is 0 Å². The summed E-state index contributed by atoms with van der Waals surface area (Å²) in [7, 11) is 1.76. The summed E-state index contributed by atoms with van der Waals surface area (Å²) in [6.45, 7) is 5.31. The van der Waals surface area contributed by atoms with Gasteiger partial charge in [0.05, 0.1) is 0 Å². The molecular formula is C14H26IN5O2. The molecule has 0 aliphatic carbocycles. The summed E-state index contributed by atoms with van der Waals surface area (Å²) in [5.41, 5.74) is 0.0601. The lowest BCUT2D eigenvalue weighted by Crippen LogP contribution is -2.52. The topological polar surface area (TPSA) is 85.8 Å². The molecule has 1 spiro atoms. The Morgan fingerprint density at radius 2 is 2.14 bits per heavy atom. The monoisotopic (exact) mass is 423 g/mol. The maximum absolute atomic E-state index is 11.5. The van der Waals surface area contributed by atoms with Crippen LogP contribution in [0.5, 0.6) is 0 Å². The molecule has 3 N–H and O–H groups in total. The lowest BCUT2D eigenvalue weighted by atomic mass is 9.79. The van der Waals surface area contributed by atoms with Crippen LogP contribution in [0, 0.1) is 5.41 Å². The van der Waals surface area contributed by atoms with Gasteiger partial charge in [-0.3, -0.25) is 14.6 Å². The van der Waals surface area contributed by atoms with Crippen molar-refractivity contribution < 1.29 is 9.59 Å². The number of carbonyl (C=O) groups excluding carboxylic acids is 2. The third-order valence-electron chi connectivity index (χ3n) is 4.15. The lowest BCUT2D eigenvalue weighted by molar-refractivity contribution is -0.120. The van der Waals surface area contributed by atoms with Crippen molar-refractivity contribution in [2.75, 3.05) is 39.8 Å². The van der Waals surface area contributed by atoms with Crippen molar-refractivity contribution in [1.82, 2.24) is 20.9 Å². The van der Waals surface area contributed by atoms with Gasteiger partial charge < -0.3 is 20.9 Å². The first kappa shape index (κ1) is 19.0. The van der Waals surface area contributed by atoms with E-state index in [0.717, 1.165) is 38.4 Å². The average Bonchev–Trinajstić information content (AvgIpc) is 2.79. The summed E-state index contributed by atoms with van der Waals surface area (Å²) in [6, 6.07) is 0. The molecule has 2 fully saturated rings. The number of halogens is 1. The molecular weight excluding hydrogens is 397 g/mol. The zero-order valence-corrected chi connectivity index (χ0v) is 15.6. The van der Waals surface area contributed by atoms with Crippen molar-refractivity contribution in [3.63, 3.8) is 0 Å². The molecule has 126 valence electrons. The number of nitrogens with one attached hydrogen (secondary N) is 3. The maximum atomic E-state index is 11.5. The van der Waals surface area contributed by atoms with Gasteiger partial charge in [-0.1, -0.05) is 0 Å². The number of nitrogens with zero attached hydrogens (tertiary/aromatic N) is 2. The number of carbonyl (C=O) groups is 2. The van der Waals surface area contributed by atoms with Gasteiger partial charge in [0, 0.05) is 58.5 Å². The Morgan fingerprint density at radius 1 is 1.41 bits per heavy atom. The molecule has 2 rings (SSSR count). The van der Waals surface area contributed by atoms with Gasteiger partial charge in [-0.2, -0.15) is 0 Å². The normalized spacial score (nSPS) is 24.7. The van der Waals surface area contributed by atoms with Crippen molar-refractivity contribution in [1.29, 1.82) is 0 Å². The van der Waals surface area contributed by atoms with E-state index in [2.05, 4.69) is 25.8 Å². The first-order valence-corrected chi connectivity index (χ1v) is 7.51. The standard InChI is InChI=1S/C14H25N5O2.HI/c1-11(20)16-5-6-17-13(15-2)19-7-3-4-14(10-19)8-12(21)18-9-14;/h3-10H2,1-2H3,(H,15,17)(H,16,20)(H,18,21);1H. The number of piperidine rings is 1. The average molecular weight is 423 g/mol. The van der Waals surface area contributed by atoms with Gasteiger partial charge in [0.25, 0.3) is 0 Å². The molecule has 1 unspecified atom stereocenters. The van der Waals surface area contributed by atoms with Crippen LogP contribution in [0.15, 0.2) is 4.99 Å².